The van der Waals surface area contributed by atoms with Crippen LogP contribution in [0, 0.1) is 4.91 Å². The predicted molar refractivity (Wildman–Crippen MR) is 92.6 cm³/mol. The highest BCUT2D eigenvalue weighted by Crippen LogP contribution is 2.35. The van der Waals surface area contributed by atoms with Gasteiger partial charge in [-0.3, -0.25) is 0 Å². The molecule has 4 aromatic rings. The Balaban J connectivity index is 1.90. The Hall–Kier alpha value is -2.92. The van der Waals surface area contributed by atoms with E-state index in [1.54, 1.807) is 12.1 Å². The van der Waals surface area contributed by atoms with Crippen LogP contribution in [-0.4, -0.2) is 12.1 Å². The number of hydrogen-bond donors (Lipinski definition) is 1. The molecule has 0 aliphatic heterocycles. The smallest absolute Gasteiger partial charge is 0.455 e. The maximum atomic E-state index is 10.4. The van der Waals surface area contributed by atoms with Gasteiger partial charge in [0, 0.05) is 16.3 Å². The first-order chi connectivity index (χ1) is 11.3. The van der Waals surface area contributed by atoms with E-state index >= 15 is 0 Å². The minimum absolute atomic E-state index is 0.473. The zero-order chi connectivity index (χ0) is 15.8. The van der Waals surface area contributed by atoms with Gasteiger partial charge in [0.05, 0.1) is 0 Å². The van der Waals surface area contributed by atoms with E-state index in [2.05, 4.69) is 5.09 Å². The van der Waals surface area contributed by atoms with Crippen molar-refractivity contribution < 1.29 is 9.44 Å². The van der Waals surface area contributed by atoms with Crippen molar-refractivity contribution in [3.8, 4) is 11.1 Å². The summed E-state index contributed by atoms with van der Waals surface area (Å²) >= 11 is 0. The largest absolute Gasteiger partial charge is 0.517 e. The van der Waals surface area contributed by atoms with Gasteiger partial charge in [0.2, 0.25) is 0 Å². The van der Waals surface area contributed by atoms with Gasteiger partial charge in [-0.05, 0) is 17.1 Å². The molecule has 4 nitrogen and oxygen atoms in total. The molecule has 110 valence electrons. The van der Waals surface area contributed by atoms with Crippen LogP contribution >= 0.6 is 0 Å². The summed E-state index contributed by atoms with van der Waals surface area (Å²) in [5, 5.41) is 14.2. The molecular formula is C18H12BNO3. The fourth-order valence-corrected chi connectivity index (χ4v) is 2.87. The van der Waals surface area contributed by atoms with Gasteiger partial charge >= 0.3 is 7.05 Å². The zero-order valence-corrected chi connectivity index (χ0v) is 12.1. The van der Waals surface area contributed by atoms with Gasteiger partial charge in [0.25, 0.3) is 0 Å². The first kappa shape index (κ1) is 13.7. The minimum atomic E-state index is -1.33. The van der Waals surface area contributed by atoms with E-state index in [0.717, 1.165) is 33.1 Å². The van der Waals surface area contributed by atoms with Gasteiger partial charge < -0.3 is 9.44 Å². The Labute approximate surface area is 132 Å². The number of furan rings is 1. The van der Waals surface area contributed by atoms with Gasteiger partial charge in [-0.25, -0.2) is 0 Å². The van der Waals surface area contributed by atoms with E-state index in [1.165, 1.54) is 0 Å². The van der Waals surface area contributed by atoms with Crippen LogP contribution in [-0.2, 0) is 0 Å². The van der Waals surface area contributed by atoms with E-state index in [4.69, 9.17) is 4.42 Å². The van der Waals surface area contributed by atoms with E-state index in [0.29, 0.717) is 5.46 Å². The summed E-state index contributed by atoms with van der Waals surface area (Å²) in [7, 11) is -1.33. The first-order valence-corrected chi connectivity index (χ1v) is 7.29. The van der Waals surface area contributed by atoms with E-state index in [9.17, 15) is 9.93 Å². The summed E-state index contributed by atoms with van der Waals surface area (Å²) in [6.07, 6.45) is 0. The summed E-state index contributed by atoms with van der Waals surface area (Å²) in [5.41, 5.74) is 4.08. The van der Waals surface area contributed by atoms with Crippen molar-refractivity contribution >= 4 is 34.5 Å². The Morgan fingerprint density at radius 3 is 2.39 bits per heavy atom. The summed E-state index contributed by atoms with van der Waals surface area (Å²) < 4.78 is 6.02. The summed E-state index contributed by atoms with van der Waals surface area (Å²) in [6, 6.07) is 21.1. The standard InChI is InChI=1S/C18H12BNO3/c21-19(20-22)13-10-8-12(9-11-13)14-5-3-6-16-15-4-1-2-7-17(15)23-18(14)16/h1-11,21H. The molecule has 1 aromatic heterocycles. The van der Waals surface area contributed by atoms with E-state index in [1.807, 2.05) is 54.6 Å². The average molecular weight is 301 g/mol. The lowest BCUT2D eigenvalue weighted by Gasteiger charge is -2.04. The van der Waals surface area contributed by atoms with Gasteiger partial charge in [-0.1, -0.05) is 65.8 Å². The molecule has 0 aliphatic rings. The number of hydrogen-bond acceptors (Lipinski definition) is 4. The van der Waals surface area contributed by atoms with Crippen LogP contribution in [0.3, 0.4) is 0 Å². The lowest BCUT2D eigenvalue weighted by Crippen LogP contribution is -2.27. The molecule has 23 heavy (non-hydrogen) atoms. The Bertz CT molecular complexity index is 1010. The van der Waals surface area contributed by atoms with Crippen LogP contribution in [0.25, 0.3) is 33.1 Å². The normalized spacial score (nSPS) is 11.0. The number of rotatable bonds is 3. The third-order valence-electron chi connectivity index (χ3n) is 4.02. The molecule has 0 saturated carbocycles. The molecule has 0 radical (unpaired) electrons. The van der Waals surface area contributed by atoms with Crippen molar-refractivity contribution in [2.24, 2.45) is 5.09 Å². The highest BCUT2D eigenvalue weighted by atomic mass is 16.3. The Morgan fingerprint density at radius 1 is 0.870 bits per heavy atom. The van der Waals surface area contributed by atoms with Crippen LogP contribution in [0.2, 0.25) is 0 Å². The van der Waals surface area contributed by atoms with Gasteiger partial charge in [-0.2, -0.15) is 4.91 Å². The van der Waals surface area contributed by atoms with Crippen molar-refractivity contribution in [3.63, 3.8) is 0 Å². The first-order valence-electron chi connectivity index (χ1n) is 7.29. The lowest BCUT2D eigenvalue weighted by atomic mass is 9.75. The van der Waals surface area contributed by atoms with Crippen molar-refractivity contribution in [2.45, 2.75) is 0 Å². The van der Waals surface area contributed by atoms with E-state index in [-0.39, 0.29) is 0 Å². The molecule has 1 heterocycles. The van der Waals surface area contributed by atoms with Crippen molar-refractivity contribution in [1.82, 2.24) is 0 Å². The molecule has 0 atom stereocenters. The number of fused-ring (bicyclic) bond motifs is 3. The average Bonchev–Trinajstić information content (AvgIpc) is 3.00. The molecule has 1 N–H and O–H groups in total. The predicted octanol–water partition coefficient (Wildman–Crippen LogP) is 3.71. The van der Waals surface area contributed by atoms with Gasteiger partial charge in [0.1, 0.15) is 11.2 Å². The monoisotopic (exact) mass is 301 g/mol. The second kappa shape index (κ2) is 5.37. The summed E-state index contributed by atoms with van der Waals surface area (Å²) in [4.78, 5) is 10.4. The molecule has 4 rings (SSSR count). The van der Waals surface area contributed by atoms with Crippen LogP contribution in [0.15, 0.2) is 76.2 Å². The van der Waals surface area contributed by atoms with E-state index < -0.39 is 7.05 Å². The van der Waals surface area contributed by atoms with Crippen molar-refractivity contribution in [3.05, 3.63) is 71.6 Å². The minimum Gasteiger partial charge on any atom is -0.455 e. The molecule has 0 fully saturated rings. The molecular weight excluding hydrogens is 289 g/mol. The van der Waals surface area contributed by atoms with Crippen LogP contribution in [0.5, 0.6) is 0 Å². The molecule has 3 aromatic carbocycles. The third kappa shape index (κ3) is 2.22. The SMILES string of the molecule is O=NB(O)c1ccc(-c2cccc3c2oc2ccccc23)cc1. The van der Waals surface area contributed by atoms with Gasteiger partial charge in [0.15, 0.2) is 0 Å². The van der Waals surface area contributed by atoms with Crippen molar-refractivity contribution in [2.75, 3.05) is 0 Å². The Kier molecular flexibility index (Phi) is 3.21. The highest BCUT2D eigenvalue weighted by molar-refractivity contribution is 6.64. The molecule has 5 heteroatoms. The number of benzene rings is 3. The zero-order valence-electron chi connectivity index (χ0n) is 12.1. The molecule has 0 amide bonds. The maximum absolute atomic E-state index is 10.4. The Morgan fingerprint density at radius 2 is 1.61 bits per heavy atom. The summed E-state index contributed by atoms with van der Waals surface area (Å²) in [5.74, 6) is 0. The van der Waals surface area contributed by atoms with Crippen LogP contribution < -0.4 is 5.46 Å². The summed E-state index contributed by atoms with van der Waals surface area (Å²) in [6.45, 7) is 0. The number of nitrogens with zero attached hydrogens (tertiary/aromatic N) is 1. The van der Waals surface area contributed by atoms with Crippen LogP contribution in [0.4, 0.5) is 0 Å². The third-order valence-corrected chi connectivity index (χ3v) is 4.02. The molecule has 0 spiro atoms. The molecule has 0 aliphatic carbocycles. The molecule has 0 unspecified atom stereocenters. The quantitative estimate of drug-likeness (QED) is 0.463. The van der Waals surface area contributed by atoms with Crippen molar-refractivity contribution in [1.29, 1.82) is 0 Å². The number of para-hydroxylation sites is 2. The fourth-order valence-electron chi connectivity index (χ4n) is 2.87. The van der Waals surface area contributed by atoms with Gasteiger partial charge in [-0.15, -0.1) is 0 Å². The molecule has 0 saturated heterocycles. The van der Waals surface area contributed by atoms with Crippen LogP contribution in [0.1, 0.15) is 0 Å². The number of nitroso groups, excluding NO2 is 1. The second-order valence-corrected chi connectivity index (χ2v) is 5.38. The fraction of sp³-hybridized carbons (Fsp3) is 0. The highest BCUT2D eigenvalue weighted by Gasteiger charge is 2.16. The molecule has 0 bridgehead atoms. The topological polar surface area (TPSA) is 62.8 Å². The maximum Gasteiger partial charge on any atom is 0.517 e. The lowest BCUT2D eigenvalue weighted by molar-refractivity contribution is 0.587. The second-order valence-electron chi connectivity index (χ2n) is 5.38.